The molecule has 306 valence electrons. The van der Waals surface area contributed by atoms with Crippen LogP contribution >= 0.6 is 34.8 Å². The van der Waals surface area contributed by atoms with Gasteiger partial charge in [0.2, 0.25) is 3.79 Å². The normalized spacial score (nSPS) is 21.7. The van der Waals surface area contributed by atoms with Gasteiger partial charge in [0.15, 0.2) is 0 Å². The van der Waals surface area contributed by atoms with E-state index in [9.17, 15) is 0 Å². The molecule has 2 atom stereocenters. The summed E-state index contributed by atoms with van der Waals surface area (Å²) in [6.07, 6.45) is 0. The van der Waals surface area contributed by atoms with Crippen LogP contribution in [0.3, 0.4) is 0 Å². The van der Waals surface area contributed by atoms with Crippen molar-refractivity contribution in [1.82, 2.24) is 0 Å². The third-order valence-corrected chi connectivity index (χ3v) is 26.0. The first-order valence-corrected chi connectivity index (χ1v) is 27.1. The molecule has 2 unspecified atom stereocenters. The second-order valence-corrected chi connectivity index (χ2v) is 27.8. The number of alkyl halides is 3. The molecule has 0 amide bonds. The number of hydrogen-bond donors (Lipinski definition) is 0. The fourth-order valence-corrected chi connectivity index (χ4v) is 25.8. The summed E-state index contributed by atoms with van der Waals surface area (Å²) < 4.78 is 4.32. The van der Waals surface area contributed by atoms with Crippen LogP contribution in [0.15, 0.2) is 24.3 Å². The highest BCUT2D eigenvalue weighted by Crippen LogP contribution is 2.86. The second kappa shape index (κ2) is 6.45. The van der Waals surface area contributed by atoms with Gasteiger partial charge in [-0.15, -0.1) is 0 Å². The molecule has 0 heterocycles. The van der Waals surface area contributed by atoms with Gasteiger partial charge in [-0.3, -0.25) is 0 Å². The van der Waals surface area contributed by atoms with Crippen LogP contribution in [0.2, 0.25) is 0 Å². The first-order chi connectivity index (χ1) is 35.5. The third kappa shape index (κ3) is 1.53. The minimum atomic E-state index is -1.73. The van der Waals surface area contributed by atoms with E-state index in [4.69, 9.17) is 39.5 Å². The number of rotatable bonds is 2. The third-order valence-electron chi connectivity index (χ3n) is 25.2. The molecule has 0 saturated heterocycles. The molecule has 0 fully saturated rings. The van der Waals surface area contributed by atoms with E-state index >= 15 is 0 Å². The smallest absolute Gasteiger partial charge is 0.208 e. The Morgan fingerprint density at radius 2 is 0.444 bits per heavy atom. The second-order valence-electron chi connectivity index (χ2n) is 25.5. The van der Waals surface area contributed by atoms with E-state index in [-0.39, 0.29) is 0 Å². The lowest BCUT2D eigenvalue weighted by Gasteiger charge is -2.51. The van der Waals surface area contributed by atoms with Gasteiger partial charge in [-0.1, -0.05) is 46.9 Å². The molecule has 0 radical (unpaired) electrons. The van der Waals surface area contributed by atoms with Gasteiger partial charge >= 0.3 is 0 Å². The number of hydrogen-bond acceptors (Lipinski definition) is 1. The maximum absolute atomic E-state index is 8.41. The first kappa shape index (κ1) is 28.4. The van der Waals surface area contributed by atoms with Crippen molar-refractivity contribution in [2.24, 2.45) is 0 Å². The standard InChI is InChI=1S/C68H7Cl3O/c1-72-7-4-2-6(3-5-7)66-60-52-43-36-23-16-10-11-13-9-8-12(10)21(23)27-25-14(8)18-15(9)26-28-22(13)24-17(11)20-19(16)30-38-31(20)40-37(24)44-42(28)46-33(26)35-29(18)34-32(25)45(41(27)43)56(60)58-47(34)48(35)59-57(46)61-53(44)50(40)55-51(38)54(49(52)39(30)36)62(66)64(55)67(61,68(69,70)71)65(59)63(58)66/h2-5H,1H3. The van der Waals surface area contributed by atoms with Crippen LogP contribution in [0.4, 0.5) is 0 Å². The molecule has 72 heavy (non-hydrogen) atoms. The summed E-state index contributed by atoms with van der Waals surface area (Å²) in [7, 11) is 1.81. The highest BCUT2D eigenvalue weighted by molar-refractivity contribution is 6.82. The molecule has 28 aromatic carbocycles. The van der Waals surface area contributed by atoms with Crippen LogP contribution in [0.25, 0.3) is 280 Å². The Balaban J connectivity index is 1.20. The molecule has 0 spiro atoms. The number of halogens is 3. The zero-order chi connectivity index (χ0) is 43.7. The monoisotopic (exact) mass is 944 g/mol. The summed E-state index contributed by atoms with van der Waals surface area (Å²) in [4.78, 5) is 0. The maximum atomic E-state index is 8.41. The van der Waals surface area contributed by atoms with Gasteiger partial charge in [-0.25, -0.2) is 0 Å². The summed E-state index contributed by atoms with van der Waals surface area (Å²) in [6.45, 7) is 0. The molecular weight excluding hydrogens is 939 g/mol. The summed E-state index contributed by atoms with van der Waals surface area (Å²) in [5.41, 5.74) is 8.02. The van der Waals surface area contributed by atoms with E-state index in [1.807, 2.05) is 7.11 Å². The van der Waals surface area contributed by atoms with Gasteiger partial charge < -0.3 is 4.74 Å². The summed E-state index contributed by atoms with van der Waals surface area (Å²) in [5, 5.41) is 79.9. The van der Waals surface area contributed by atoms with Crippen molar-refractivity contribution in [2.45, 2.75) is 14.6 Å². The van der Waals surface area contributed by atoms with Crippen molar-refractivity contribution in [3.8, 4) is 5.75 Å². The van der Waals surface area contributed by atoms with Crippen LogP contribution in [0.1, 0.15) is 38.9 Å². The number of benzene rings is 18. The van der Waals surface area contributed by atoms with Crippen LogP contribution in [0.5, 0.6) is 5.75 Å². The fourth-order valence-electron chi connectivity index (χ4n) is 24.9. The van der Waals surface area contributed by atoms with Crippen LogP contribution in [0, 0.1) is 0 Å². The molecule has 5 aliphatic carbocycles. The molecule has 5 aliphatic rings. The molecule has 0 aliphatic heterocycles. The SMILES string of the molecule is COc1ccc(C23c4c5c6c7c8c9c%10c%11c(c2c2c%12c3c3c%13c4c6c4c6c%13c%13c3c3c%12c%12c%14c2c%11c2c%11c%10c%10c8c8c7c4c4c6c6c%13c7c3c%12c3c(c%142)c2c%11c%10c%10c8c4c4c%10c2c3c7c64)C59C(Cl)(Cl)Cl)cc1. The van der Waals surface area contributed by atoms with E-state index in [0.29, 0.717) is 0 Å². The predicted molar refractivity (Wildman–Crippen MR) is 305 cm³/mol. The summed E-state index contributed by atoms with van der Waals surface area (Å²) in [5.74, 6) is 0.886. The van der Waals surface area contributed by atoms with Crippen molar-refractivity contribution in [1.29, 1.82) is 0 Å². The zero-order valence-electron chi connectivity index (χ0n) is 36.4. The lowest BCUT2D eigenvalue weighted by atomic mass is 9.52. The lowest BCUT2D eigenvalue weighted by molar-refractivity contribution is 0.414. The molecule has 0 N–H and O–H groups in total. The highest BCUT2D eigenvalue weighted by atomic mass is 35.6. The topological polar surface area (TPSA) is 9.23 Å². The van der Waals surface area contributed by atoms with Crippen LogP contribution in [-0.2, 0) is 10.8 Å². The van der Waals surface area contributed by atoms with Gasteiger partial charge in [-0.2, -0.15) is 0 Å². The minimum Gasteiger partial charge on any atom is -0.497 e. The van der Waals surface area contributed by atoms with Crippen molar-refractivity contribution >= 4 is 315 Å². The van der Waals surface area contributed by atoms with Crippen molar-refractivity contribution in [3.63, 3.8) is 0 Å². The Morgan fingerprint density at radius 3 is 0.736 bits per heavy atom. The molecule has 0 aromatic heterocycles. The lowest BCUT2D eigenvalue weighted by Crippen LogP contribution is -2.49. The van der Waals surface area contributed by atoms with Crippen molar-refractivity contribution in [2.75, 3.05) is 7.11 Å². The van der Waals surface area contributed by atoms with E-state index in [1.165, 1.54) is 147 Å². The predicted octanol–water partition coefficient (Wildman–Crippen LogP) is 19.4. The van der Waals surface area contributed by atoms with Crippen LogP contribution in [-0.4, -0.2) is 10.9 Å². The molecular formula is C68H7Cl3O. The van der Waals surface area contributed by atoms with Gasteiger partial charge in [0, 0.05) is 0 Å². The van der Waals surface area contributed by atoms with E-state index in [0.717, 1.165) is 5.75 Å². The highest BCUT2D eigenvalue weighted by Gasteiger charge is 2.71. The Kier molecular flexibility index (Phi) is 2.55. The molecule has 0 saturated carbocycles. The van der Waals surface area contributed by atoms with Crippen LogP contribution < -0.4 is 4.74 Å². The summed E-state index contributed by atoms with van der Waals surface area (Å²) in [6, 6.07) is 9.41. The molecule has 33 rings (SSSR count). The van der Waals surface area contributed by atoms with Crippen molar-refractivity contribution in [3.05, 3.63) is 63.2 Å². The van der Waals surface area contributed by atoms with E-state index < -0.39 is 14.6 Å². The number of methoxy groups -OCH3 is 1. The Bertz CT molecular complexity index is 7520. The van der Waals surface area contributed by atoms with Gasteiger partial charge in [0.25, 0.3) is 0 Å². The largest absolute Gasteiger partial charge is 0.497 e. The summed E-state index contributed by atoms with van der Waals surface area (Å²) >= 11 is 25.2. The van der Waals surface area contributed by atoms with Gasteiger partial charge in [0.1, 0.15) is 5.75 Å². The zero-order valence-corrected chi connectivity index (χ0v) is 38.6. The Labute approximate surface area is 407 Å². The molecule has 28 aromatic rings. The average molecular weight is 946 g/mol. The average Bonchev–Trinajstić information content (AvgIpc) is 4.42. The number of ether oxygens (including phenoxy) is 1. The Morgan fingerprint density at radius 1 is 0.250 bits per heavy atom. The quantitative estimate of drug-likeness (QED) is 0.124. The van der Waals surface area contributed by atoms with Crippen molar-refractivity contribution < 1.29 is 4.74 Å². The maximum Gasteiger partial charge on any atom is 0.208 e. The molecule has 0 bridgehead atoms. The first-order valence-electron chi connectivity index (χ1n) is 26.0. The van der Waals surface area contributed by atoms with Gasteiger partial charge in [0.05, 0.1) is 17.9 Å². The van der Waals surface area contributed by atoms with E-state index in [1.54, 1.807) is 172 Å². The molecule has 4 heteroatoms. The fraction of sp³-hybridized carbons (Fsp3) is 0.0588. The van der Waals surface area contributed by atoms with E-state index in [2.05, 4.69) is 24.3 Å². The minimum absolute atomic E-state index is 0.659. The van der Waals surface area contributed by atoms with Gasteiger partial charge in [-0.05, 0) is 331 Å². The molecule has 1 nitrogen and oxygen atoms in total. The Hall–Kier alpha value is -7.65.